The molecule has 2 heterocycles. The van der Waals surface area contributed by atoms with Crippen LogP contribution in [0.15, 0.2) is 24.3 Å². The minimum Gasteiger partial charge on any atom is -0.311 e. The van der Waals surface area contributed by atoms with Crippen LogP contribution in [0.3, 0.4) is 0 Å². The van der Waals surface area contributed by atoms with E-state index in [4.69, 9.17) is 11.6 Å². The Hall–Kier alpha value is -0.570. The second-order valence-corrected chi connectivity index (χ2v) is 7.41. The molecule has 2 nitrogen and oxygen atoms in total. The van der Waals surface area contributed by atoms with Gasteiger partial charge in [0, 0.05) is 29.2 Å². The predicted octanol–water partition coefficient (Wildman–Crippen LogP) is 3.88. The van der Waals surface area contributed by atoms with E-state index in [9.17, 15) is 0 Å². The molecule has 0 amide bonds. The molecule has 0 radical (unpaired) electrons. The Morgan fingerprint density at radius 1 is 1.19 bits per heavy atom. The summed E-state index contributed by atoms with van der Waals surface area (Å²) in [6.45, 7) is 2.31. The number of hydrogen-bond acceptors (Lipinski definition) is 2. The largest absolute Gasteiger partial charge is 0.311 e. The highest BCUT2D eigenvalue weighted by molar-refractivity contribution is 6.30. The Balaban J connectivity index is 1.53. The SMILES string of the molecule is CC(Cc1ccc(Cl)cc1)NC1CC2CCCC(C1)N2C. The van der Waals surface area contributed by atoms with E-state index in [1.165, 1.54) is 37.7 Å². The lowest BCUT2D eigenvalue weighted by Gasteiger charge is -2.47. The van der Waals surface area contributed by atoms with Crippen LogP contribution in [0.4, 0.5) is 0 Å². The monoisotopic (exact) mass is 306 g/mol. The Bertz CT molecular complexity index is 445. The zero-order valence-corrected chi connectivity index (χ0v) is 13.9. The van der Waals surface area contributed by atoms with Crippen molar-refractivity contribution in [1.82, 2.24) is 10.2 Å². The lowest BCUT2D eigenvalue weighted by atomic mass is 9.82. The molecule has 2 saturated heterocycles. The van der Waals surface area contributed by atoms with Crippen LogP contribution in [-0.4, -0.2) is 36.1 Å². The van der Waals surface area contributed by atoms with Gasteiger partial charge in [-0.25, -0.2) is 0 Å². The minimum absolute atomic E-state index is 0.528. The van der Waals surface area contributed by atoms with Gasteiger partial charge in [-0.05, 0) is 63.8 Å². The minimum atomic E-state index is 0.528. The van der Waals surface area contributed by atoms with E-state index in [2.05, 4.69) is 36.3 Å². The predicted molar refractivity (Wildman–Crippen MR) is 90.0 cm³/mol. The fourth-order valence-electron chi connectivity index (χ4n) is 4.19. The molecule has 1 aromatic rings. The average molecular weight is 307 g/mol. The maximum Gasteiger partial charge on any atom is 0.0406 e. The summed E-state index contributed by atoms with van der Waals surface area (Å²) in [5.41, 5.74) is 1.37. The van der Waals surface area contributed by atoms with Gasteiger partial charge in [0.25, 0.3) is 0 Å². The summed E-state index contributed by atoms with van der Waals surface area (Å²) < 4.78 is 0. The van der Waals surface area contributed by atoms with E-state index in [0.717, 1.165) is 23.5 Å². The lowest BCUT2D eigenvalue weighted by Crippen LogP contribution is -2.55. The van der Waals surface area contributed by atoms with Crippen molar-refractivity contribution in [2.24, 2.45) is 0 Å². The van der Waals surface area contributed by atoms with Gasteiger partial charge in [0.2, 0.25) is 0 Å². The van der Waals surface area contributed by atoms with Crippen LogP contribution in [0.25, 0.3) is 0 Å². The van der Waals surface area contributed by atoms with Crippen LogP contribution in [-0.2, 0) is 6.42 Å². The summed E-state index contributed by atoms with van der Waals surface area (Å²) >= 11 is 5.95. The molecule has 2 bridgehead atoms. The van der Waals surface area contributed by atoms with Crippen LogP contribution < -0.4 is 5.32 Å². The van der Waals surface area contributed by atoms with E-state index in [1.807, 2.05) is 12.1 Å². The highest BCUT2D eigenvalue weighted by Crippen LogP contribution is 2.32. The molecule has 3 unspecified atom stereocenters. The molecule has 1 N–H and O–H groups in total. The van der Waals surface area contributed by atoms with Gasteiger partial charge in [0.15, 0.2) is 0 Å². The van der Waals surface area contributed by atoms with Crippen molar-refractivity contribution >= 4 is 11.6 Å². The molecule has 0 saturated carbocycles. The first-order chi connectivity index (χ1) is 10.1. The van der Waals surface area contributed by atoms with Crippen LogP contribution in [0.1, 0.15) is 44.6 Å². The number of rotatable bonds is 4. The third kappa shape index (κ3) is 3.80. The first kappa shape index (κ1) is 15.3. The van der Waals surface area contributed by atoms with Crippen LogP contribution in [0, 0.1) is 0 Å². The maximum atomic E-state index is 5.95. The smallest absolute Gasteiger partial charge is 0.0406 e. The quantitative estimate of drug-likeness (QED) is 0.908. The third-order valence-electron chi connectivity index (χ3n) is 5.32. The lowest BCUT2D eigenvalue weighted by molar-refractivity contribution is 0.0463. The fourth-order valence-corrected chi connectivity index (χ4v) is 4.31. The van der Waals surface area contributed by atoms with Crippen molar-refractivity contribution in [3.63, 3.8) is 0 Å². The molecule has 0 aromatic heterocycles. The molecule has 2 aliphatic rings. The molecule has 3 rings (SSSR count). The van der Waals surface area contributed by atoms with Crippen LogP contribution >= 0.6 is 11.6 Å². The Labute approximate surface area is 133 Å². The number of halogens is 1. The van der Waals surface area contributed by atoms with Crippen LogP contribution in [0.5, 0.6) is 0 Å². The van der Waals surface area contributed by atoms with Crippen molar-refractivity contribution in [2.75, 3.05) is 7.05 Å². The molecule has 1 aromatic carbocycles. The average Bonchev–Trinajstić information content (AvgIpc) is 2.42. The Morgan fingerprint density at radius 3 is 2.43 bits per heavy atom. The first-order valence-electron chi connectivity index (χ1n) is 8.34. The van der Waals surface area contributed by atoms with E-state index in [0.29, 0.717) is 12.1 Å². The number of piperidine rings is 2. The molecular formula is C18H27ClN2. The highest BCUT2D eigenvalue weighted by Gasteiger charge is 2.36. The zero-order chi connectivity index (χ0) is 14.8. The van der Waals surface area contributed by atoms with Crippen molar-refractivity contribution in [3.05, 3.63) is 34.9 Å². The zero-order valence-electron chi connectivity index (χ0n) is 13.2. The molecule has 0 aliphatic carbocycles. The maximum absolute atomic E-state index is 5.95. The standard InChI is InChI=1S/C18H27ClN2/c1-13(10-14-6-8-15(19)9-7-14)20-16-11-17-4-3-5-18(12-16)21(17)2/h6-9,13,16-18,20H,3-5,10-12H2,1-2H3. The third-order valence-corrected chi connectivity index (χ3v) is 5.57. The van der Waals surface area contributed by atoms with E-state index in [1.54, 1.807) is 0 Å². The number of nitrogens with zero attached hydrogens (tertiary/aromatic N) is 1. The summed E-state index contributed by atoms with van der Waals surface area (Å²) in [5, 5.41) is 4.69. The van der Waals surface area contributed by atoms with Gasteiger partial charge in [-0.3, -0.25) is 0 Å². The van der Waals surface area contributed by atoms with E-state index >= 15 is 0 Å². The Morgan fingerprint density at radius 2 is 1.81 bits per heavy atom. The molecule has 21 heavy (non-hydrogen) atoms. The molecule has 3 atom stereocenters. The fraction of sp³-hybridized carbons (Fsp3) is 0.667. The summed E-state index contributed by atoms with van der Waals surface area (Å²) in [5.74, 6) is 0. The molecule has 3 heteroatoms. The van der Waals surface area contributed by atoms with Gasteiger partial charge in [0.1, 0.15) is 0 Å². The number of nitrogens with one attached hydrogen (secondary N) is 1. The van der Waals surface area contributed by atoms with Crippen molar-refractivity contribution in [1.29, 1.82) is 0 Å². The second-order valence-electron chi connectivity index (χ2n) is 6.97. The van der Waals surface area contributed by atoms with Gasteiger partial charge < -0.3 is 10.2 Å². The van der Waals surface area contributed by atoms with Crippen molar-refractivity contribution in [3.8, 4) is 0 Å². The van der Waals surface area contributed by atoms with Gasteiger partial charge in [-0.2, -0.15) is 0 Å². The van der Waals surface area contributed by atoms with E-state index < -0.39 is 0 Å². The van der Waals surface area contributed by atoms with Crippen molar-refractivity contribution < 1.29 is 0 Å². The highest BCUT2D eigenvalue weighted by atomic mass is 35.5. The summed E-state index contributed by atoms with van der Waals surface area (Å²) in [7, 11) is 2.32. The molecule has 116 valence electrons. The van der Waals surface area contributed by atoms with E-state index in [-0.39, 0.29) is 0 Å². The van der Waals surface area contributed by atoms with Crippen LogP contribution in [0.2, 0.25) is 5.02 Å². The second kappa shape index (κ2) is 6.68. The summed E-state index contributed by atoms with van der Waals surface area (Å²) in [6, 6.07) is 11.1. The number of benzene rings is 1. The van der Waals surface area contributed by atoms with Gasteiger partial charge in [-0.15, -0.1) is 0 Å². The van der Waals surface area contributed by atoms with Gasteiger partial charge in [-0.1, -0.05) is 30.2 Å². The summed E-state index contributed by atoms with van der Waals surface area (Å²) in [6.07, 6.45) is 7.91. The summed E-state index contributed by atoms with van der Waals surface area (Å²) in [4.78, 5) is 2.63. The normalized spacial score (nSPS) is 31.1. The molecule has 2 fully saturated rings. The Kier molecular flexibility index (Phi) is 4.88. The molecule has 0 spiro atoms. The molecular weight excluding hydrogens is 280 g/mol. The van der Waals surface area contributed by atoms with Gasteiger partial charge >= 0.3 is 0 Å². The van der Waals surface area contributed by atoms with Crippen molar-refractivity contribution in [2.45, 2.75) is 69.6 Å². The topological polar surface area (TPSA) is 15.3 Å². The first-order valence-corrected chi connectivity index (χ1v) is 8.72. The molecule has 2 aliphatic heterocycles. The number of hydrogen-bond donors (Lipinski definition) is 1. The number of fused-ring (bicyclic) bond motifs is 2. The van der Waals surface area contributed by atoms with Gasteiger partial charge in [0.05, 0.1) is 0 Å².